The van der Waals surface area contributed by atoms with Crippen LogP contribution in [0.4, 0.5) is 0 Å². The van der Waals surface area contributed by atoms with Crippen molar-refractivity contribution in [2.45, 2.75) is 65.1 Å². The fraction of sp³-hybridized carbons (Fsp3) is 0.750. The van der Waals surface area contributed by atoms with E-state index in [0.717, 1.165) is 24.8 Å². The van der Waals surface area contributed by atoms with Gasteiger partial charge in [-0.1, -0.05) is 12.5 Å². The number of ether oxygens (including phenoxy) is 1. The van der Waals surface area contributed by atoms with Gasteiger partial charge < -0.3 is 9.84 Å². The molecule has 0 aromatic carbocycles. The standard InChI is InChI=1S/C16H24O4/c1-15(2,3)20-13-7-5-6-10-8-12(17)11(14(18)19)9-16(10,13)4/h8,11,13H,5-7,9H2,1-4H3,(H,18,19)/t11-,13+,16+/m1/s1. The van der Waals surface area contributed by atoms with E-state index in [4.69, 9.17) is 4.74 Å². The fourth-order valence-electron chi connectivity index (χ4n) is 3.41. The van der Waals surface area contributed by atoms with Gasteiger partial charge in [-0.05, 0) is 52.5 Å². The van der Waals surface area contributed by atoms with Crippen LogP contribution in [-0.2, 0) is 14.3 Å². The Bertz CT molecular complexity index is 458. The fourth-order valence-corrected chi connectivity index (χ4v) is 3.41. The molecule has 0 spiro atoms. The number of allylic oxidation sites excluding steroid dienone is 1. The van der Waals surface area contributed by atoms with E-state index in [0.29, 0.717) is 6.42 Å². The number of rotatable bonds is 2. The molecule has 1 saturated carbocycles. The number of hydrogen-bond acceptors (Lipinski definition) is 3. The Balaban J connectivity index is 2.34. The highest BCUT2D eigenvalue weighted by Crippen LogP contribution is 2.50. The van der Waals surface area contributed by atoms with E-state index in [1.54, 1.807) is 6.08 Å². The number of carbonyl (C=O) groups excluding carboxylic acids is 1. The average molecular weight is 280 g/mol. The molecular formula is C16H24O4. The number of ketones is 1. The van der Waals surface area contributed by atoms with E-state index in [-0.39, 0.29) is 22.9 Å². The van der Waals surface area contributed by atoms with Gasteiger partial charge >= 0.3 is 5.97 Å². The zero-order valence-corrected chi connectivity index (χ0v) is 12.7. The van der Waals surface area contributed by atoms with Crippen LogP contribution in [0, 0.1) is 11.3 Å². The van der Waals surface area contributed by atoms with Gasteiger partial charge in [-0.15, -0.1) is 0 Å². The molecule has 0 radical (unpaired) electrons. The Morgan fingerprint density at radius 1 is 1.45 bits per heavy atom. The van der Waals surface area contributed by atoms with Gasteiger partial charge in [-0.25, -0.2) is 0 Å². The number of carboxylic acids is 1. The third-order valence-corrected chi connectivity index (χ3v) is 4.44. The van der Waals surface area contributed by atoms with Crippen LogP contribution in [0.5, 0.6) is 0 Å². The van der Waals surface area contributed by atoms with Crippen LogP contribution in [-0.4, -0.2) is 28.6 Å². The van der Waals surface area contributed by atoms with E-state index in [2.05, 4.69) is 6.92 Å². The number of carbonyl (C=O) groups is 2. The van der Waals surface area contributed by atoms with Crippen molar-refractivity contribution in [2.24, 2.45) is 11.3 Å². The predicted molar refractivity (Wildman–Crippen MR) is 75.4 cm³/mol. The van der Waals surface area contributed by atoms with Gasteiger partial charge in [-0.2, -0.15) is 0 Å². The number of hydrogen-bond donors (Lipinski definition) is 1. The van der Waals surface area contributed by atoms with Crippen molar-refractivity contribution in [3.8, 4) is 0 Å². The molecule has 112 valence electrons. The molecule has 0 heterocycles. The molecule has 1 N–H and O–H groups in total. The SMILES string of the molecule is CC(C)(C)O[C@H]1CCCC2=CC(=O)[C@H](C(=O)O)C[C@@]21C. The Morgan fingerprint density at radius 2 is 2.10 bits per heavy atom. The summed E-state index contributed by atoms with van der Waals surface area (Å²) in [5.74, 6) is -2.21. The second-order valence-corrected chi connectivity index (χ2v) is 7.20. The van der Waals surface area contributed by atoms with E-state index < -0.39 is 11.9 Å². The first kappa shape index (κ1) is 15.2. The van der Waals surface area contributed by atoms with Crippen LogP contribution in [0.3, 0.4) is 0 Å². The van der Waals surface area contributed by atoms with E-state index in [9.17, 15) is 14.7 Å². The predicted octanol–water partition coefficient (Wildman–Crippen LogP) is 2.96. The van der Waals surface area contributed by atoms with Gasteiger partial charge in [0.15, 0.2) is 5.78 Å². The maximum absolute atomic E-state index is 11.9. The second-order valence-electron chi connectivity index (χ2n) is 7.20. The molecule has 4 nitrogen and oxygen atoms in total. The highest BCUT2D eigenvalue weighted by Gasteiger charge is 2.49. The molecule has 2 aliphatic rings. The average Bonchev–Trinajstić information content (AvgIpc) is 2.29. The van der Waals surface area contributed by atoms with E-state index >= 15 is 0 Å². The van der Waals surface area contributed by atoms with Crippen molar-refractivity contribution in [2.75, 3.05) is 0 Å². The zero-order valence-electron chi connectivity index (χ0n) is 12.7. The maximum Gasteiger partial charge on any atom is 0.314 e. The molecular weight excluding hydrogens is 256 g/mol. The molecule has 0 amide bonds. The highest BCUT2D eigenvalue weighted by molar-refractivity contribution is 6.05. The lowest BCUT2D eigenvalue weighted by molar-refractivity contribution is -0.152. The molecule has 0 aromatic heterocycles. The summed E-state index contributed by atoms with van der Waals surface area (Å²) >= 11 is 0. The number of aliphatic carboxylic acids is 1. The van der Waals surface area contributed by atoms with Crippen molar-refractivity contribution in [3.63, 3.8) is 0 Å². The highest BCUT2D eigenvalue weighted by atomic mass is 16.5. The largest absolute Gasteiger partial charge is 0.481 e. The Morgan fingerprint density at radius 3 is 2.65 bits per heavy atom. The van der Waals surface area contributed by atoms with Crippen LogP contribution in [0.2, 0.25) is 0 Å². The van der Waals surface area contributed by atoms with Gasteiger partial charge in [0.05, 0.1) is 11.7 Å². The molecule has 3 atom stereocenters. The summed E-state index contributed by atoms with van der Waals surface area (Å²) in [5, 5.41) is 9.24. The summed E-state index contributed by atoms with van der Waals surface area (Å²) in [6, 6.07) is 0. The third kappa shape index (κ3) is 2.80. The summed E-state index contributed by atoms with van der Waals surface area (Å²) in [7, 11) is 0. The summed E-state index contributed by atoms with van der Waals surface area (Å²) in [4.78, 5) is 23.2. The van der Waals surface area contributed by atoms with Crippen LogP contribution in [0.15, 0.2) is 11.6 Å². The quantitative estimate of drug-likeness (QED) is 0.790. The summed E-state index contributed by atoms with van der Waals surface area (Å²) in [6.45, 7) is 8.09. The van der Waals surface area contributed by atoms with Gasteiger partial charge in [0.1, 0.15) is 5.92 Å². The first-order valence-corrected chi connectivity index (χ1v) is 7.29. The molecule has 20 heavy (non-hydrogen) atoms. The minimum atomic E-state index is -1.02. The number of carboxylic acid groups (broad SMARTS) is 1. The Labute approximate surface area is 120 Å². The Hall–Kier alpha value is -1.16. The van der Waals surface area contributed by atoms with Crippen LogP contribution < -0.4 is 0 Å². The van der Waals surface area contributed by atoms with Crippen molar-refractivity contribution < 1.29 is 19.4 Å². The lowest BCUT2D eigenvalue weighted by Crippen LogP contribution is -2.48. The van der Waals surface area contributed by atoms with E-state index in [1.165, 1.54) is 0 Å². The van der Waals surface area contributed by atoms with Gasteiger partial charge in [0, 0.05) is 5.41 Å². The Kier molecular flexibility index (Phi) is 3.80. The van der Waals surface area contributed by atoms with Crippen LogP contribution in [0.1, 0.15) is 53.4 Å². The summed E-state index contributed by atoms with van der Waals surface area (Å²) < 4.78 is 6.17. The third-order valence-electron chi connectivity index (χ3n) is 4.44. The molecule has 0 aromatic rings. The van der Waals surface area contributed by atoms with Gasteiger partial charge in [0.2, 0.25) is 0 Å². The van der Waals surface area contributed by atoms with Crippen molar-refractivity contribution >= 4 is 11.8 Å². The second kappa shape index (κ2) is 4.99. The smallest absolute Gasteiger partial charge is 0.314 e. The normalized spacial score (nSPS) is 34.4. The molecule has 0 bridgehead atoms. The molecule has 2 rings (SSSR count). The maximum atomic E-state index is 11.9. The molecule has 2 aliphatic carbocycles. The molecule has 1 fully saturated rings. The van der Waals surface area contributed by atoms with Crippen molar-refractivity contribution in [1.29, 1.82) is 0 Å². The molecule has 0 saturated heterocycles. The first-order valence-electron chi connectivity index (χ1n) is 7.29. The minimum absolute atomic E-state index is 0.0163. The lowest BCUT2D eigenvalue weighted by atomic mass is 9.61. The van der Waals surface area contributed by atoms with Gasteiger partial charge in [-0.3, -0.25) is 9.59 Å². The van der Waals surface area contributed by atoms with Crippen LogP contribution >= 0.6 is 0 Å². The molecule has 0 unspecified atom stereocenters. The van der Waals surface area contributed by atoms with Crippen molar-refractivity contribution in [3.05, 3.63) is 11.6 Å². The number of fused-ring (bicyclic) bond motifs is 1. The molecule has 4 heteroatoms. The monoisotopic (exact) mass is 280 g/mol. The molecule has 0 aliphatic heterocycles. The lowest BCUT2D eigenvalue weighted by Gasteiger charge is -2.48. The topological polar surface area (TPSA) is 63.6 Å². The van der Waals surface area contributed by atoms with Gasteiger partial charge in [0.25, 0.3) is 0 Å². The van der Waals surface area contributed by atoms with Crippen molar-refractivity contribution in [1.82, 2.24) is 0 Å². The zero-order chi connectivity index (χ0) is 15.1. The van der Waals surface area contributed by atoms with Crippen LogP contribution in [0.25, 0.3) is 0 Å². The summed E-state index contributed by atoms with van der Waals surface area (Å²) in [5.41, 5.74) is 0.471. The van der Waals surface area contributed by atoms with E-state index in [1.807, 2.05) is 20.8 Å². The summed E-state index contributed by atoms with van der Waals surface area (Å²) in [6.07, 6.45) is 4.70. The minimum Gasteiger partial charge on any atom is -0.481 e. The first-order chi connectivity index (χ1) is 9.13.